The number of pyridine rings is 1. The van der Waals surface area contributed by atoms with Crippen molar-refractivity contribution in [1.82, 2.24) is 4.98 Å². The molecular formula is C12H6BrCl2N3O3. The van der Waals surface area contributed by atoms with Crippen molar-refractivity contribution in [2.45, 2.75) is 0 Å². The standard InChI is InChI=1S/C12H6BrCl2N3O3/c13-6-1-2-8(14)7(5-6)12(19)17-11-9(18(20)21)3-4-10(15)16-11/h1-5H,(H,16,17,19). The lowest BCUT2D eigenvalue weighted by Gasteiger charge is -2.07. The average Bonchev–Trinajstić information content (AvgIpc) is 2.41. The molecule has 9 heteroatoms. The van der Waals surface area contributed by atoms with E-state index in [4.69, 9.17) is 23.2 Å². The topological polar surface area (TPSA) is 85.1 Å². The van der Waals surface area contributed by atoms with Gasteiger partial charge < -0.3 is 5.32 Å². The summed E-state index contributed by atoms with van der Waals surface area (Å²) in [5.41, 5.74) is -0.207. The van der Waals surface area contributed by atoms with E-state index in [0.717, 1.165) is 6.07 Å². The normalized spacial score (nSPS) is 10.2. The predicted molar refractivity (Wildman–Crippen MR) is 83.0 cm³/mol. The van der Waals surface area contributed by atoms with E-state index in [1.165, 1.54) is 18.2 Å². The molecule has 0 aliphatic carbocycles. The van der Waals surface area contributed by atoms with Crippen molar-refractivity contribution >= 4 is 56.5 Å². The molecule has 0 aliphatic rings. The van der Waals surface area contributed by atoms with Crippen LogP contribution < -0.4 is 5.32 Å². The number of amides is 1. The Labute approximate surface area is 137 Å². The quantitative estimate of drug-likeness (QED) is 0.480. The van der Waals surface area contributed by atoms with Gasteiger partial charge in [-0.05, 0) is 24.3 Å². The first-order chi connectivity index (χ1) is 9.88. The molecule has 0 unspecified atom stereocenters. The fourth-order valence-corrected chi connectivity index (χ4v) is 2.23. The van der Waals surface area contributed by atoms with Crippen LogP contribution in [0.1, 0.15) is 10.4 Å². The number of carbonyl (C=O) groups excluding carboxylic acids is 1. The smallest absolute Gasteiger partial charge is 0.301 e. The first kappa shape index (κ1) is 15.7. The fourth-order valence-electron chi connectivity index (χ4n) is 1.51. The van der Waals surface area contributed by atoms with Crippen molar-refractivity contribution in [3.05, 3.63) is 60.7 Å². The third-order valence-corrected chi connectivity index (χ3v) is 3.47. The van der Waals surface area contributed by atoms with Crippen molar-refractivity contribution < 1.29 is 9.72 Å². The SMILES string of the molecule is O=C(Nc1nc(Cl)ccc1[N+](=O)[O-])c1cc(Br)ccc1Cl. The molecule has 1 heterocycles. The van der Waals surface area contributed by atoms with Gasteiger partial charge >= 0.3 is 5.69 Å². The minimum Gasteiger partial charge on any atom is -0.301 e. The summed E-state index contributed by atoms with van der Waals surface area (Å²) in [5.74, 6) is -0.868. The summed E-state index contributed by atoms with van der Waals surface area (Å²) in [6.45, 7) is 0. The summed E-state index contributed by atoms with van der Waals surface area (Å²) in [6.07, 6.45) is 0. The van der Waals surface area contributed by atoms with Gasteiger partial charge in [0.25, 0.3) is 5.91 Å². The molecular weight excluding hydrogens is 385 g/mol. The number of hydrogen-bond acceptors (Lipinski definition) is 4. The van der Waals surface area contributed by atoms with Crippen LogP contribution in [0.4, 0.5) is 11.5 Å². The van der Waals surface area contributed by atoms with Crippen LogP contribution in [0.2, 0.25) is 10.2 Å². The van der Waals surface area contributed by atoms with Gasteiger partial charge in [-0.1, -0.05) is 39.1 Å². The highest BCUT2D eigenvalue weighted by Gasteiger charge is 2.20. The molecule has 0 spiro atoms. The Balaban J connectivity index is 2.38. The van der Waals surface area contributed by atoms with Crippen LogP contribution in [0, 0.1) is 10.1 Å². The lowest BCUT2D eigenvalue weighted by Crippen LogP contribution is -2.15. The number of benzene rings is 1. The van der Waals surface area contributed by atoms with Crippen molar-refractivity contribution in [3.8, 4) is 0 Å². The molecule has 0 saturated carbocycles. The van der Waals surface area contributed by atoms with E-state index in [-0.39, 0.29) is 27.2 Å². The molecule has 2 aromatic rings. The van der Waals surface area contributed by atoms with Gasteiger partial charge in [0.05, 0.1) is 15.5 Å². The summed E-state index contributed by atoms with van der Waals surface area (Å²) < 4.78 is 0.644. The van der Waals surface area contributed by atoms with Gasteiger partial charge in [-0.15, -0.1) is 0 Å². The number of nitrogens with one attached hydrogen (secondary N) is 1. The lowest BCUT2D eigenvalue weighted by molar-refractivity contribution is -0.384. The Morgan fingerprint density at radius 1 is 1.29 bits per heavy atom. The molecule has 1 amide bonds. The molecule has 6 nitrogen and oxygen atoms in total. The number of halogens is 3. The second-order valence-electron chi connectivity index (χ2n) is 3.84. The van der Waals surface area contributed by atoms with Gasteiger partial charge in [-0.25, -0.2) is 4.98 Å². The maximum absolute atomic E-state index is 12.2. The molecule has 0 atom stereocenters. The Morgan fingerprint density at radius 3 is 2.67 bits per heavy atom. The highest BCUT2D eigenvalue weighted by atomic mass is 79.9. The van der Waals surface area contributed by atoms with Gasteiger partial charge in [0.2, 0.25) is 5.82 Å². The van der Waals surface area contributed by atoms with Gasteiger partial charge in [-0.2, -0.15) is 0 Å². The summed E-state index contributed by atoms with van der Waals surface area (Å²) in [7, 11) is 0. The maximum Gasteiger partial charge on any atom is 0.311 e. The number of nitrogens with zero attached hydrogens (tertiary/aromatic N) is 2. The summed E-state index contributed by atoms with van der Waals surface area (Å²) in [4.78, 5) is 26.1. The van der Waals surface area contributed by atoms with E-state index in [1.54, 1.807) is 6.07 Å². The van der Waals surface area contributed by atoms with Crippen molar-refractivity contribution in [2.24, 2.45) is 0 Å². The highest BCUT2D eigenvalue weighted by Crippen LogP contribution is 2.26. The zero-order chi connectivity index (χ0) is 15.6. The molecule has 108 valence electrons. The third-order valence-electron chi connectivity index (χ3n) is 2.44. The van der Waals surface area contributed by atoms with Gasteiger partial charge in [0.1, 0.15) is 5.15 Å². The van der Waals surface area contributed by atoms with Gasteiger partial charge in [-0.3, -0.25) is 14.9 Å². The van der Waals surface area contributed by atoms with Crippen LogP contribution in [0.15, 0.2) is 34.8 Å². The second-order valence-corrected chi connectivity index (χ2v) is 5.55. The molecule has 1 aromatic heterocycles. The zero-order valence-electron chi connectivity index (χ0n) is 10.1. The fraction of sp³-hybridized carbons (Fsp3) is 0. The van der Waals surface area contributed by atoms with E-state index in [9.17, 15) is 14.9 Å². The Bertz CT molecular complexity index is 740. The highest BCUT2D eigenvalue weighted by molar-refractivity contribution is 9.10. The number of nitro groups is 1. The maximum atomic E-state index is 12.2. The van der Waals surface area contributed by atoms with E-state index < -0.39 is 10.8 Å². The molecule has 21 heavy (non-hydrogen) atoms. The van der Waals surface area contributed by atoms with Crippen LogP contribution in [0.25, 0.3) is 0 Å². The molecule has 1 N–H and O–H groups in total. The molecule has 0 saturated heterocycles. The molecule has 0 bridgehead atoms. The van der Waals surface area contributed by atoms with E-state index >= 15 is 0 Å². The summed E-state index contributed by atoms with van der Waals surface area (Å²) in [5, 5.41) is 13.5. The van der Waals surface area contributed by atoms with E-state index in [1.807, 2.05) is 0 Å². The third kappa shape index (κ3) is 3.69. The van der Waals surface area contributed by atoms with Crippen LogP contribution in [-0.2, 0) is 0 Å². The Hall–Kier alpha value is -1.70. The first-order valence-electron chi connectivity index (χ1n) is 5.46. The lowest BCUT2D eigenvalue weighted by atomic mass is 10.2. The van der Waals surface area contributed by atoms with E-state index in [0.29, 0.717) is 4.47 Å². The van der Waals surface area contributed by atoms with Crippen LogP contribution >= 0.6 is 39.1 Å². The van der Waals surface area contributed by atoms with Gasteiger partial charge in [0, 0.05) is 10.5 Å². The van der Waals surface area contributed by atoms with Gasteiger partial charge in [0.15, 0.2) is 0 Å². The monoisotopic (exact) mass is 389 g/mol. The Morgan fingerprint density at radius 2 is 2.00 bits per heavy atom. The Kier molecular flexibility index (Phi) is 4.76. The number of carbonyl (C=O) groups is 1. The second kappa shape index (κ2) is 6.38. The van der Waals surface area contributed by atoms with Crippen LogP contribution in [0.3, 0.4) is 0 Å². The van der Waals surface area contributed by atoms with Crippen LogP contribution in [-0.4, -0.2) is 15.8 Å². The minimum atomic E-state index is -0.665. The largest absolute Gasteiger partial charge is 0.311 e. The number of aromatic nitrogens is 1. The first-order valence-corrected chi connectivity index (χ1v) is 7.00. The zero-order valence-corrected chi connectivity index (χ0v) is 13.2. The molecule has 2 rings (SSSR count). The predicted octanol–water partition coefficient (Wildman–Crippen LogP) is 4.31. The molecule has 0 radical (unpaired) electrons. The number of rotatable bonds is 3. The average molecular weight is 391 g/mol. The molecule has 0 aliphatic heterocycles. The van der Waals surface area contributed by atoms with Crippen molar-refractivity contribution in [2.75, 3.05) is 5.32 Å². The number of hydrogen-bond donors (Lipinski definition) is 1. The molecule has 0 fully saturated rings. The summed E-state index contributed by atoms with van der Waals surface area (Å²) >= 11 is 14.8. The minimum absolute atomic E-state index is 0.0243. The van der Waals surface area contributed by atoms with Crippen molar-refractivity contribution in [1.29, 1.82) is 0 Å². The number of anilines is 1. The van der Waals surface area contributed by atoms with Crippen LogP contribution in [0.5, 0.6) is 0 Å². The van der Waals surface area contributed by atoms with E-state index in [2.05, 4.69) is 26.2 Å². The molecule has 1 aromatic carbocycles. The summed E-state index contributed by atoms with van der Waals surface area (Å²) in [6, 6.07) is 7.11. The van der Waals surface area contributed by atoms with Crippen molar-refractivity contribution in [3.63, 3.8) is 0 Å².